The minimum Gasteiger partial charge on any atom is -0.338 e. The molecule has 2 aromatic rings. The molecule has 28 heavy (non-hydrogen) atoms. The third kappa shape index (κ3) is 4.22. The summed E-state index contributed by atoms with van der Waals surface area (Å²) in [6.45, 7) is 9.02. The molecule has 1 atom stereocenters. The Labute approximate surface area is 171 Å². The zero-order chi connectivity index (χ0) is 20.3. The average molecular weight is 400 g/mol. The fourth-order valence-corrected chi connectivity index (χ4v) is 4.57. The van der Waals surface area contributed by atoms with Crippen LogP contribution in [0.25, 0.3) is 0 Å². The van der Waals surface area contributed by atoms with Crippen LogP contribution in [0, 0.1) is 0 Å². The number of thiophene rings is 1. The van der Waals surface area contributed by atoms with E-state index in [2.05, 4.69) is 28.9 Å². The van der Waals surface area contributed by atoms with Gasteiger partial charge in [0, 0.05) is 23.5 Å². The Balaban J connectivity index is 1.90. The molecule has 0 saturated carbocycles. The summed E-state index contributed by atoms with van der Waals surface area (Å²) in [7, 11) is 0. The zero-order valence-electron chi connectivity index (χ0n) is 17.1. The summed E-state index contributed by atoms with van der Waals surface area (Å²) in [5.41, 5.74) is 1.87. The summed E-state index contributed by atoms with van der Waals surface area (Å²) in [6, 6.07) is 12.0. The van der Waals surface area contributed by atoms with Gasteiger partial charge in [-0.15, -0.1) is 11.3 Å². The molecule has 6 heteroatoms. The first kappa shape index (κ1) is 20.4. The summed E-state index contributed by atoms with van der Waals surface area (Å²) in [4.78, 5) is 30.9. The monoisotopic (exact) mass is 399 g/mol. The van der Waals surface area contributed by atoms with Gasteiger partial charge in [-0.1, -0.05) is 30.3 Å². The molecule has 3 rings (SSSR count). The van der Waals surface area contributed by atoms with Gasteiger partial charge in [0.15, 0.2) is 0 Å². The van der Waals surface area contributed by atoms with Crippen molar-refractivity contribution in [2.24, 2.45) is 0 Å². The highest BCUT2D eigenvalue weighted by Crippen LogP contribution is 2.37. The molecule has 1 aromatic heterocycles. The maximum atomic E-state index is 13.4. The fourth-order valence-electron chi connectivity index (χ4n) is 3.67. The van der Waals surface area contributed by atoms with Crippen molar-refractivity contribution in [3.05, 3.63) is 57.8 Å². The van der Waals surface area contributed by atoms with Crippen LogP contribution in [0.15, 0.2) is 41.8 Å². The Morgan fingerprint density at radius 2 is 1.93 bits per heavy atom. The third-order valence-corrected chi connectivity index (χ3v) is 6.07. The molecule has 1 aromatic carbocycles. The quantitative estimate of drug-likeness (QED) is 0.843. The molecule has 3 amide bonds. The first-order chi connectivity index (χ1) is 13.3. The van der Waals surface area contributed by atoms with Crippen LogP contribution in [0.2, 0.25) is 0 Å². The molecule has 0 radical (unpaired) electrons. The Morgan fingerprint density at radius 3 is 2.57 bits per heavy atom. The second-order valence-electron chi connectivity index (χ2n) is 8.04. The van der Waals surface area contributed by atoms with Gasteiger partial charge < -0.3 is 15.1 Å². The largest absolute Gasteiger partial charge is 0.338 e. The van der Waals surface area contributed by atoms with Crippen LogP contribution in [-0.4, -0.2) is 46.9 Å². The van der Waals surface area contributed by atoms with Crippen molar-refractivity contribution in [2.75, 3.05) is 19.6 Å². The van der Waals surface area contributed by atoms with E-state index >= 15 is 0 Å². The number of nitrogens with zero attached hydrogens (tertiary/aromatic N) is 2. The Morgan fingerprint density at radius 1 is 1.21 bits per heavy atom. The van der Waals surface area contributed by atoms with Crippen LogP contribution >= 0.6 is 11.3 Å². The number of amides is 3. The number of nitrogens with one attached hydrogen (secondary N) is 1. The lowest BCUT2D eigenvalue weighted by molar-refractivity contribution is -0.134. The number of carbonyl (C=O) groups is 2. The molecule has 0 spiro atoms. The van der Waals surface area contributed by atoms with Gasteiger partial charge >= 0.3 is 6.03 Å². The van der Waals surface area contributed by atoms with E-state index in [0.29, 0.717) is 13.1 Å². The molecular formula is C22H29N3O2S. The topological polar surface area (TPSA) is 52.7 Å². The second-order valence-corrected chi connectivity index (χ2v) is 9.04. The predicted molar refractivity (Wildman–Crippen MR) is 114 cm³/mol. The van der Waals surface area contributed by atoms with Crippen LogP contribution < -0.4 is 5.32 Å². The Kier molecular flexibility index (Phi) is 6.08. The first-order valence-corrected chi connectivity index (χ1v) is 10.7. The van der Waals surface area contributed by atoms with Gasteiger partial charge in [0.25, 0.3) is 0 Å². The van der Waals surface area contributed by atoms with E-state index in [1.807, 2.05) is 50.8 Å². The molecule has 150 valence electrons. The molecule has 0 bridgehead atoms. The lowest BCUT2D eigenvalue weighted by atomic mass is 9.93. The Bertz CT molecular complexity index is 826. The molecule has 0 saturated heterocycles. The van der Waals surface area contributed by atoms with Gasteiger partial charge in [0.1, 0.15) is 6.54 Å². The lowest BCUT2D eigenvalue weighted by Crippen LogP contribution is -2.55. The highest BCUT2D eigenvalue weighted by atomic mass is 32.1. The van der Waals surface area contributed by atoms with E-state index in [-0.39, 0.29) is 24.5 Å². The van der Waals surface area contributed by atoms with Crippen molar-refractivity contribution >= 4 is 23.3 Å². The molecule has 5 nitrogen and oxygen atoms in total. The molecule has 0 unspecified atom stereocenters. The van der Waals surface area contributed by atoms with Crippen LogP contribution in [0.1, 0.15) is 49.7 Å². The summed E-state index contributed by atoms with van der Waals surface area (Å²) >= 11 is 1.75. The SMILES string of the molecule is CCNC(=O)N(CC(=O)N1CCc2sccc2[C@H]1c1ccccc1)C(C)(C)C. The van der Waals surface area contributed by atoms with E-state index in [1.54, 1.807) is 16.2 Å². The standard InChI is InChI=1S/C22H29N3O2S/c1-5-23-21(27)25(22(2,3)4)15-19(26)24-13-11-18-17(12-14-28-18)20(24)16-9-7-6-8-10-16/h6-10,12,14,20H,5,11,13,15H2,1-4H3,(H,23,27)/t20-/m1/s1. The normalized spacial score (nSPS) is 16.4. The van der Waals surface area contributed by atoms with Crippen molar-refractivity contribution in [1.82, 2.24) is 15.1 Å². The number of hydrogen-bond acceptors (Lipinski definition) is 3. The number of fused-ring (bicyclic) bond motifs is 1. The predicted octanol–water partition coefficient (Wildman–Crippen LogP) is 4.05. The van der Waals surface area contributed by atoms with Gasteiger partial charge in [-0.2, -0.15) is 0 Å². The summed E-state index contributed by atoms with van der Waals surface area (Å²) in [5, 5.41) is 4.93. The summed E-state index contributed by atoms with van der Waals surface area (Å²) in [6.07, 6.45) is 0.860. The van der Waals surface area contributed by atoms with E-state index in [1.165, 1.54) is 10.4 Å². The minimum atomic E-state index is -0.444. The molecule has 1 N–H and O–H groups in total. The van der Waals surface area contributed by atoms with Crippen LogP contribution in [0.3, 0.4) is 0 Å². The van der Waals surface area contributed by atoms with Crippen molar-refractivity contribution in [2.45, 2.75) is 45.7 Å². The third-order valence-electron chi connectivity index (χ3n) is 5.08. The number of carbonyl (C=O) groups excluding carboxylic acids is 2. The van der Waals surface area contributed by atoms with E-state index < -0.39 is 5.54 Å². The van der Waals surface area contributed by atoms with Gasteiger partial charge in [-0.25, -0.2) is 4.79 Å². The van der Waals surface area contributed by atoms with Crippen molar-refractivity contribution in [3.63, 3.8) is 0 Å². The van der Waals surface area contributed by atoms with Gasteiger partial charge in [-0.3, -0.25) is 4.79 Å². The highest BCUT2D eigenvalue weighted by Gasteiger charge is 2.36. The number of urea groups is 1. The smallest absolute Gasteiger partial charge is 0.318 e. The van der Waals surface area contributed by atoms with E-state index in [9.17, 15) is 9.59 Å². The van der Waals surface area contributed by atoms with Crippen molar-refractivity contribution in [3.8, 4) is 0 Å². The molecule has 2 heterocycles. The van der Waals surface area contributed by atoms with E-state index in [0.717, 1.165) is 12.0 Å². The maximum absolute atomic E-state index is 13.4. The molecule has 1 aliphatic heterocycles. The maximum Gasteiger partial charge on any atom is 0.318 e. The van der Waals surface area contributed by atoms with Crippen LogP contribution in [0.5, 0.6) is 0 Å². The fraction of sp³-hybridized carbons (Fsp3) is 0.455. The highest BCUT2D eigenvalue weighted by molar-refractivity contribution is 7.10. The van der Waals surface area contributed by atoms with Gasteiger partial charge in [0.05, 0.1) is 6.04 Å². The van der Waals surface area contributed by atoms with Gasteiger partial charge in [-0.05, 0) is 56.7 Å². The second kappa shape index (κ2) is 8.35. The average Bonchev–Trinajstić information content (AvgIpc) is 3.13. The van der Waals surface area contributed by atoms with Crippen molar-refractivity contribution < 1.29 is 9.59 Å². The minimum absolute atomic E-state index is 0.0214. The first-order valence-electron chi connectivity index (χ1n) is 9.79. The van der Waals surface area contributed by atoms with E-state index in [4.69, 9.17) is 0 Å². The van der Waals surface area contributed by atoms with Crippen LogP contribution in [-0.2, 0) is 11.2 Å². The molecular weight excluding hydrogens is 370 g/mol. The van der Waals surface area contributed by atoms with Crippen LogP contribution in [0.4, 0.5) is 4.79 Å². The number of benzene rings is 1. The molecule has 1 aliphatic rings. The number of hydrogen-bond donors (Lipinski definition) is 1. The molecule has 0 fully saturated rings. The lowest BCUT2D eigenvalue weighted by Gasteiger charge is -2.40. The number of rotatable bonds is 4. The van der Waals surface area contributed by atoms with Gasteiger partial charge in [0.2, 0.25) is 5.91 Å². The molecule has 0 aliphatic carbocycles. The summed E-state index contributed by atoms with van der Waals surface area (Å²) in [5.74, 6) is -0.0214. The van der Waals surface area contributed by atoms with Crippen molar-refractivity contribution in [1.29, 1.82) is 0 Å². The summed E-state index contributed by atoms with van der Waals surface area (Å²) < 4.78 is 0. The zero-order valence-corrected chi connectivity index (χ0v) is 17.9. The Hall–Kier alpha value is -2.34.